The van der Waals surface area contributed by atoms with Gasteiger partial charge < -0.3 is 19.7 Å². The van der Waals surface area contributed by atoms with Crippen LogP contribution in [0.25, 0.3) is 5.69 Å². The SMILES string of the molecule is COc1ccc([C@@H]2CC(=O)Nc3c(C(=O)O)cn(-c4cccc(F)c4)c32)cc1. The summed E-state index contributed by atoms with van der Waals surface area (Å²) in [6, 6.07) is 13.2. The highest BCUT2D eigenvalue weighted by Crippen LogP contribution is 2.42. The monoisotopic (exact) mass is 380 g/mol. The Bertz CT molecular complexity index is 1070. The highest BCUT2D eigenvalue weighted by Gasteiger charge is 2.34. The molecule has 6 nitrogen and oxygen atoms in total. The van der Waals surface area contributed by atoms with E-state index in [1.165, 1.54) is 18.3 Å². The number of halogens is 1. The van der Waals surface area contributed by atoms with E-state index in [9.17, 15) is 19.1 Å². The number of carbonyl (C=O) groups is 2. The molecule has 0 fully saturated rings. The fraction of sp³-hybridized carbons (Fsp3) is 0.143. The van der Waals surface area contributed by atoms with Gasteiger partial charge in [-0.05, 0) is 35.9 Å². The zero-order chi connectivity index (χ0) is 19.8. The minimum Gasteiger partial charge on any atom is -0.497 e. The van der Waals surface area contributed by atoms with Crippen LogP contribution in [0.2, 0.25) is 0 Å². The van der Waals surface area contributed by atoms with Crippen molar-refractivity contribution in [1.29, 1.82) is 0 Å². The zero-order valence-electron chi connectivity index (χ0n) is 15.0. The molecule has 0 radical (unpaired) electrons. The second kappa shape index (κ2) is 6.84. The van der Waals surface area contributed by atoms with Crippen LogP contribution in [0.5, 0.6) is 5.75 Å². The molecular formula is C21H17FN2O4. The van der Waals surface area contributed by atoms with Crippen LogP contribution in [0.4, 0.5) is 10.1 Å². The van der Waals surface area contributed by atoms with Gasteiger partial charge in [0.15, 0.2) is 0 Å². The van der Waals surface area contributed by atoms with E-state index in [0.717, 1.165) is 5.56 Å². The summed E-state index contributed by atoms with van der Waals surface area (Å²) in [7, 11) is 1.56. The van der Waals surface area contributed by atoms with Gasteiger partial charge >= 0.3 is 5.97 Å². The molecule has 1 aliphatic rings. The van der Waals surface area contributed by atoms with Crippen molar-refractivity contribution in [3.8, 4) is 11.4 Å². The lowest BCUT2D eigenvalue weighted by Crippen LogP contribution is -2.25. The maximum absolute atomic E-state index is 13.8. The Balaban J connectivity index is 1.94. The van der Waals surface area contributed by atoms with Gasteiger partial charge in [0.1, 0.15) is 17.1 Å². The largest absolute Gasteiger partial charge is 0.497 e. The maximum Gasteiger partial charge on any atom is 0.339 e. The highest BCUT2D eigenvalue weighted by atomic mass is 19.1. The lowest BCUT2D eigenvalue weighted by Gasteiger charge is -2.26. The second-order valence-corrected chi connectivity index (χ2v) is 6.54. The van der Waals surface area contributed by atoms with Gasteiger partial charge in [-0.25, -0.2) is 9.18 Å². The Morgan fingerprint density at radius 2 is 2.00 bits per heavy atom. The normalized spacial score (nSPS) is 15.6. The van der Waals surface area contributed by atoms with E-state index in [4.69, 9.17) is 4.74 Å². The van der Waals surface area contributed by atoms with Crippen LogP contribution in [0.3, 0.4) is 0 Å². The minimum atomic E-state index is -1.16. The van der Waals surface area contributed by atoms with E-state index >= 15 is 0 Å². The van der Waals surface area contributed by atoms with E-state index in [-0.39, 0.29) is 29.5 Å². The summed E-state index contributed by atoms with van der Waals surface area (Å²) in [5, 5.41) is 12.3. The third kappa shape index (κ3) is 3.00. The summed E-state index contributed by atoms with van der Waals surface area (Å²) < 4.78 is 20.6. The van der Waals surface area contributed by atoms with E-state index in [1.54, 1.807) is 35.9 Å². The Hall–Kier alpha value is -3.61. The molecule has 1 aromatic heterocycles. The van der Waals surface area contributed by atoms with Crippen LogP contribution in [-0.4, -0.2) is 28.7 Å². The van der Waals surface area contributed by atoms with Crippen LogP contribution in [0, 0.1) is 5.82 Å². The number of carboxylic acids is 1. The second-order valence-electron chi connectivity index (χ2n) is 6.54. The number of ether oxygens (including phenoxy) is 1. The molecule has 0 aliphatic carbocycles. The standard InChI is InChI=1S/C21H17FN2O4/c1-28-15-7-5-12(6-8-15)16-10-18(25)23-19-17(21(26)27)11-24(20(16)19)14-4-2-3-13(22)9-14/h2-9,11,16H,10H2,1H3,(H,23,25)(H,26,27)/t16-/m0/s1. The minimum absolute atomic E-state index is 0.0363. The zero-order valence-corrected chi connectivity index (χ0v) is 15.0. The van der Waals surface area contributed by atoms with E-state index < -0.39 is 11.8 Å². The molecule has 3 aromatic rings. The van der Waals surface area contributed by atoms with Gasteiger partial charge in [-0.15, -0.1) is 0 Å². The van der Waals surface area contributed by atoms with Crippen molar-refractivity contribution >= 4 is 17.6 Å². The summed E-state index contributed by atoms with van der Waals surface area (Å²) >= 11 is 0. The average Bonchev–Trinajstić information content (AvgIpc) is 3.07. The Labute approximate surface area is 160 Å². The predicted molar refractivity (Wildman–Crippen MR) is 101 cm³/mol. The Morgan fingerprint density at radius 1 is 1.25 bits per heavy atom. The number of carbonyl (C=O) groups excluding carboxylic acids is 1. The van der Waals surface area contributed by atoms with Crippen molar-refractivity contribution < 1.29 is 23.8 Å². The highest BCUT2D eigenvalue weighted by molar-refractivity contribution is 6.04. The molecule has 0 spiro atoms. The first-order chi connectivity index (χ1) is 13.5. The molecule has 1 atom stereocenters. The number of methoxy groups -OCH3 is 1. The van der Waals surface area contributed by atoms with Gasteiger partial charge in [0.05, 0.1) is 18.5 Å². The van der Waals surface area contributed by atoms with Gasteiger partial charge in [-0.2, -0.15) is 0 Å². The van der Waals surface area contributed by atoms with E-state index in [1.807, 2.05) is 12.1 Å². The first-order valence-electron chi connectivity index (χ1n) is 8.66. The predicted octanol–water partition coefficient (Wildman–Crippen LogP) is 3.80. The van der Waals surface area contributed by atoms with Crippen molar-refractivity contribution in [1.82, 2.24) is 4.57 Å². The molecule has 0 unspecified atom stereocenters. The van der Waals surface area contributed by atoms with Crippen molar-refractivity contribution in [2.24, 2.45) is 0 Å². The van der Waals surface area contributed by atoms with Crippen molar-refractivity contribution in [3.05, 3.63) is 77.4 Å². The molecule has 7 heteroatoms. The van der Waals surface area contributed by atoms with Crippen LogP contribution in [0.15, 0.2) is 54.7 Å². The molecule has 0 bridgehead atoms. The average molecular weight is 380 g/mol. The number of benzene rings is 2. The molecule has 28 heavy (non-hydrogen) atoms. The van der Waals surface area contributed by atoms with Crippen molar-refractivity contribution in [2.75, 3.05) is 12.4 Å². The van der Waals surface area contributed by atoms with Gasteiger partial charge in [0.25, 0.3) is 0 Å². The number of hydrogen-bond donors (Lipinski definition) is 2. The van der Waals surface area contributed by atoms with Gasteiger partial charge in [-0.1, -0.05) is 18.2 Å². The van der Waals surface area contributed by atoms with Gasteiger partial charge in [0.2, 0.25) is 5.91 Å². The summed E-state index contributed by atoms with van der Waals surface area (Å²) in [5.41, 5.74) is 2.13. The Kier molecular flexibility index (Phi) is 4.35. The number of hydrogen-bond acceptors (Lipinski definition) is 3. The molecule has 1 aliphatic heterocycles. The number of carboxylic acid groups (broad SMARTS) is 1. The van der Waals surface area contributed by atoms with Crippen molar-refractivity contribution in [3.63, 3.8) is 0 Å². The fourth-order valence-electron chi connectivity index (χ4n) is 3.58. The summed E-state index contributed by atoms with van der Waals surface area (Å²) in [6.07, 6.45) is 1.57. The van der Waals surface area contributed by atoms with Crippen LogP contribution < -0.4 is 10.1 Å². The van der Waals surface area contributed by atoms with Gasteiger partial charge in [-0.3, -0.25) is 4.79 Å². The number of nitrogens with zero attached hydrogens (tertiary/aromatic N) is 1. The van der Waals surface area contributed by atoms with E-state index in [0.29, 0.717) is 17.1 Å². The number of aromatic carboxylic acids is 1. The van der Waals surface area contributed by atoms with Crippen LogP contribution >= 0.6 is 0 Å². The summed E-state index contributed by atoms with van der Waals surface area (Å²) in [6.45, 7) is 0. The molecule has 2 aromatic carbocycles. The quantitative estimate of drug-likeness (QED) is 0.722. The molecule has 0 saturated carbocycles. The summed E-state index contributed by atoms with van der Waals surface area (Å²) in [4.78, 5) is 24.1. The fourth-order valence-corrected chi connectivity index (χ4v) is 3.58. The topological polar surface area (TPSA) is 80.6 Å². The van der Waals surface area contributed by atoms with Crippen LogP contribution in [-0.2, 0) is 4.79 Å². The van der Waals surface area contributed by atoms with Gasteiger partial charge in [0, 0.05) is 24.2 Å². The molecule has 1 amide bonds. The maximum atomic E-state index is 13.8. The number of amides is 1. The number of nitrogens with one attached hydrogen (secondary N) is 1. The third-order valence-electron chi connectivity index (χ3n) is 4.86. The molecule has 4 rings (SSSR count). The number of rotatable bonds is 4. The summed E-state index contributed by atoms with van der Waals surface area (Å²) in [5.74, 6) is -1.57. The van der Waals surface area contributed by atoms with Crippen LogP contribution in [0.1, 0.15) is 34.0 Å². The smallest absolute Gasteiger partial charge is 0.339 e. The Morgan fingerprint density at radius 3 is 2.64 bits per heavy atom. The molecule has 2 N–H and O–H groups in total. The number of anilines is 1. The van der Waals surface area contributed by atoms with Crippen molar-refractivity contribution in [2.45, 2.75) is 12.3 Å². The first-order valence-corrected chi connectivity index (χ1v) is 8.66. The lowest BCUT2D eigenvalue weighted by atomic mass is 9.88. The molecule has 142 valence electrons. The number of fused-ring (bicyclic) bond motifs is 1. The molecule has 0 saturated heterocycles. The molecular weight excluding hydrogens is 363 g/mol. The molecule has 2 heterocycles. The first kappa shape index (κ1) is 17.8. The lowest BCUT2D eigenvalue weighted by molar-refractivity contribution is -0.116. The van der Waals surface area contributed by atoms with E-state index in [2.05, 4.69) is 5.32 Å². The third-order valence-corrected chi connectivity index (χ3v) is 4.86. The number of aromatic nitrogens is 1.